The molecule has 0 aliphatic rings. The van der Waals surface area contributed by atoms with Gasteiger partial charge in [-0.05, 0) is 25.1 Å². The number of likely N-dealkylation sites (N-methyl/N-ethyl adjacent to an activating group) is 2. The van der Waals surface area contributed by atoms with Crippen molar-refractivity contribution in [3.05, 3.63) is 29.6 Å². The number of carbonyl (C=O) groups is 1. The van der Waals surface area contributed by atoms with Gasteiger partial charge < -0.3 is 15.5 Å². The highest BCUT2D eigenvalue weighted by Crippen LogP contribution is 2.24. The summed E-state index contributed by atoms with van der Waals surface area (Å²) < 4.78 is 14.1. The Hall–Kier alpha value is -1.62. The Morgan fingerprint density at radius 2 is 2.11 bits per heavy atom. The molecule has 2 N–H and O–H groups in total. The highest BCUT2D eigenvalue weighted by atomic mass is 19.1. The first-order chi connectivity index (χ1) is 9.13. The molecule has 1 aromatic carbocycles. The van der Waals surface area contributed by atoms with E-state index in [4.69, 9.17) is 0 Å². The van der Waals surface area contributed by atoms with Crippen LogP contribution in [0.2, 0.25) is 0 Å². The first kappa shape index (κ1) is 15.4. The van der Waals surface area contributed by atoms with Gasteiger partial charge in [-0.15, -0.1) is 0 Å². The van der Waals surface area contributed by atoms with Crippen molar-refractivity contribution in [1.82, 2.24) is 10.6 Å². The molecule has 4 nitrogen and oxygen atoms in total. The summed E-state index contributed by atoms with van der Waals surface area (Å²) in [4.78, 5) is 13.3. The smallest absolute Gasteiger partial charge is 0.239 e. The van der Waals surface area contributed by atoms with Crippen LogP contribution in [0.3, 0.4) is 0 Å². The van der Waals surface area contributed by atoms with Crippen molar-refractivity contribution < 1.29 is 9.18 Å². The largest absolute Gasteiger partial charge is 0.360 e. The van der Waals surface area contributed by atoms with Crippen LogP contribution >= 0.6 is 0 Å². The van der Waals surface area contributed by atoms with Gasteiger partial charge in [-0.25, -0.2) is 4.39 Å². The topological polar surface area (TPSA) is 44.4 Å². The van der Waals surface area contributed by atoms with Crippen molar-refractivity contribution in [1.29, 1.82) is 0 Å². The number of hydrogen-bond donors (Lipinski definition) is 2. The quantitative estimate of drug-likeness (QED) is 0.787. The zero-order chi connectivity index (χ0) is 14.3. The van der Waals surface area contributed by atoms with E-state index in [9.17, 15) is 9.18 Å². The van der Waals surface area contributed by atoms with Gasteiger partial charge in [0.05, 0.1) is 12.2 Å². The molecular formula is C14H22FN3O. The molecule has 1 aromatic rings. The fraction of sp³-hybridized carbons (Fsp3) is 0.500. The number of hydrogen-bond acceptors (Lipinski definition) is 3. The molecule has 1 amide bonds. The van der Waals surface area contributed by atoms with E-state index in [2.05, 4.69) is 10.6 Å². The average Bonchev–Trinajstić information content (AvgIpc) is 2.42. The van der Waals surface area contributed by atoms with Gasteiger partial charge >= 0.3 is 0 Å². The van der Waals surface area contributed by atoms with Crippen LogP contribution in [-0.2, 0) is 11.3 Å². The zero-order valence-electron chi connectivity index (χ0n) is 11.8. The summed E-state index contributed by atoms with van der Waals surface area (Å²) in [7, 11) is 1.58. The number of amides is 1. The van der Waals surface area contributed by atoms with Gasteiger partial charge in [0.15, 0.2) is 0 Å². The van der Waals surface area contributed by atoms with Gasteiger partial charge in [-0.2, -0.15) is 0 Å². The Balaban J connectivity index is 3.02. The average molecular weight is 267 g/mol. The minimum absolute atomic E-state index is 0.125. The van der Waals surface area contributed by atoms with E-state index in [1.54, 1.807) is 18.0 Å². The van der Waals surface area contributed by atoms with Gasteiger partial charge in [0.2, 0.25) is 5.91 Å². The van der Waals surface area contributed by atoms with Crippen molar-refractivity contribution in [3.8, 4) is 0 Å². The summed E-state index contributed by atoms with van der Waals surface area (Å²) in [6.07, 6.45) is 0. The van der Waals surface area contributed by atoms with Crippen molar-refractivity contribution in [2.45, 2.75) is 20.4 Å². The third-order valence-electron chi connectivity index (χ3n) is 2.95. The maximum absolute atomic E-state index is 14.1. The molecule has 0 aromatic heterocycles. The van der Waals surface area contributed by atoms with E-state index < -0.39 is 0 Å². The van der Waals surface area contributed by atoms with Gasteiger partial charge in [-0.1, -0.05) is 19.1 Å². The molecule has 5 heteroatoms. The van der Waals surface area contributed by atoms with Crippen LogP contribution in [0.25, 0.3) is 0 Å². The first-order valence-electron chi connectivity index (χ1n) is 6.57. The predicted octanol–water partition coefficient (Wildman–Crippen LogP) is 1.51. The van der Waals surface area contributed by atoms with E-state index in [1.807, 2.05) is 19.9 Å². The second-order valence-corrected chi connectivity index (χ2v) is 4.22. The lowest BCUT2D eigenvalue weighted by Crippen LogP contribution is -2.36. The number of benzene rings is 1. The van der Waals surface area contributed by atoms with Gasteiger partial charge in [0, 0.05) is 20.1 Å². The highest BCUT2D eigenvalue weighted by Gasteiger charge is 2.16. The molecule has 0 aliphatic heterocycles. The lowest BCUT2D eigenvalue weighted by molar-refractivity contribution is -0.119. The predicted molar refractivity (Wildman–Crippen MR) is 75.7 cm³/mol. The van der Waals surface area contributed by atoms with Crippen molar-refractivity contribution >= 4 is 11.6 Å². The molecule has 0 radical (unpaired) electrons. The Bertz CT molecular complexity index is 423. The molecule has 0 aliphatic carbocycles. The summed E-state index contributed by atoms with van der Waals surface area (Å²) in [5.41, 5.74) is 1.38. The third kappa shape index (κ3) is 4.21. The summed E-state index contributed by atoms with van der Waals surface area (Å²) in [5.74, 6) is -0.416. The number of para-hydroxylation sites is 1. The van der Waals surface area contributed by atoms with E-state index >= 15 is 0 Å². The van der Waals surface area contributed by atoms with E-state index in [0.717, 1.165) is 12.1 Å². The molecule has 0 heterocycles. The summed E-state index contributed by atoms with van der Waals surface area (Å²) >= 11 is 0. The van der Waals surface area contributed by atoms with E-state index in [0.29, 0.717) is 18.8 Å². The standard InChI is InChI=1S/C14H22FN3O/c1-4-17-9-11-7-6-8-12(15)14(11)18(5-2)10-13(19)16-3/h6-8,17H,4-5,9-10H2,1-3H3,(H,16,19). The number of nitrogens with zero attached hydrogens (tertiary/aromatic N) is 1. The molecule has 0 atom stereocenters. The molecule has 0 saturated heterocycles. The van der Waals surface area contributed by atoms with Crippen LogP contribution in [0.1, 0.15) is 19.4 Å². The fourth-order valence-electron chi connectivity index (χ4n) is 1.92. The Morgan fingerprint density at radius 1 is 1.37 bits per heavy atom. The third-order valence-corrected chi connectivity index (χ3v) is 2.95. The van der Waals surface area contributed by atoms with Gasteiger partial charge in [0.25, 0.3) is 0 Å². The molecule has 0 saturated carbocycles. The number of halogens is 1. The number of rotatable bonds is 7. The van der Waals surface area contributed by atoms with Crippen molar-refractivity contribution in [3.63, 3.8) is 0 Å². The SMILES string of the molecule is CCNCc1cccc(F)c1N(CC)CC(=O)NC. The second kappa shape index (κ2) is 7.74. The van der Waals surface area contributed by atoms with Crippen LogP contribution in [0.4, 0.5) is 10.1 Å². The minimum atomic E-state index is -0.291. The molecule has 0 bridgehead atoms. The molecule has 0 unspecified atom stereocenters. The van der Waals surface area contributed by atoms with Gasteiger partial charge in [0.1, 0.15) is 5.82 Å². The van der Waals surface area contributed by atoms with Gasteiger partial charge in [-0.3, -0.25) is 4.79 Å². The maximum Gasteiger partial charge on any atom is 0.239 e. The molecule has 0 fully saturated rings. The Morgan fingerprint density at radius 3 is 2.68 bits per heavy atom. The molecular weight excluding hydrogens is 245 g/mol. The monoisotopic (exact) mass is 267 g/mol. The summed E-state index contributed by atoms with van der Waals surface area (Å²) in [5, 5.41) is 5.75. The molecule has 1 rings (SSSR count). The molecule has 106 valence electrons. The Labute approximate surface area is 114 Å². The van der Waals surface area contributed by atoms with E-state index in [1.165, 1.54) is 6.07 Å². The van der Waals surface area contributed by atoms with Crippen LogP contribution in [-0.4, -0.2) is 32.6 Å². The maximum atomic E-state index is 14.1. The van der Waals surface area contributed by atoms with Crippen LogP contribution in [0, 0.1) is 5.82 Å². The van der Waals surface area contributed by atoms with Crippen LogP contribution in [0.5, 0.6) is 0 Å². The number of anilines is 1. The second-order valence-electron chi connectivity index (χ2n) is 4.22. The van der Waals surface area contributed by atoms with E-state index in [-0.39, 0.29) is 18.3 Å². The van der Waals surface area contributed by atoms with Crippen LogP contribution < -0.4 is 15.5 Å². The summed E-state index contributed by atoms with van der Waals surface area (Å²) in [6.45, 7) is 6.05. The Kier molecular flexibility index (Phi) is 6.29. The number of nitrogens with one attached hydrogen (secondary N) is 2. The highest BCUT2D eigenvalue weighted by molar-refractivity contribution is 5.81. The fourth-order valence-corrected chi connectivity index (χ4v) is 1.92. The van der Waals surface area contributed by atoms with Crippen molar-refractivity contribution in [2.24, 2.45) is 0 Å². The first-order valence-corrected chi connectivity index (χ1v) is 6.57. The van der Waals surface area contributed by atoms with Crippen LogP contribution in [0.15, 0.2) is 18.2 Å². The molecule has 19 heavy (non-hydrogen) atoms. The van der Waals surface area contributed by atoms with Crippen molar-refractivity contribution in [2.75, 3.05) is 31.6 Å². The lowest BCUT2D eigenvalue weighted by Gasteiger charge is -2.25. The normalized spacial score (nSPS) is 10.3. The zero-order valence-corrected chi connectivity index (χ0v) is 11.8. The lowest BCUT2D eigenvalue weighted by atomic mass is 10.1. The molecule has 0 spiro atoms. The minimum Gasteiger partial charge on any atom is -0.360 e. The number of carbonyl (C=O) groups excluding carboxylic acids is 1. The summed E-state index contributed by atoms with van der Waals surface area (Å²) in [6, 6.07) is 5.00.